The minimum atomic E-state index is -0.602. The molecule has 2 aromatic carbocycles. The number of Topliss-reactive ketones (excluding diaryl/α,β-unsaturated/α-hetero) is 1. The Morgan fingerprint density at radius 2 is 1.83 bits per heavy atom. The molecule has 2 aromatic rings. The maximum Gasteiger partial charge on any atom is 0.331 e. The molecule has 0 fully saturated rings. The van der Waals surface area contributed by atoms with Crippen LogP contribution in [0.25, 0.3) is 6.08 Å². The van der Waals surface area contributed by atoms with E-state index in [1.165, 1.54) is 6.08 Å². The number of hydrogen-bond donors (Lipinski definition) is 0. The normalized spacial score (nSPS) is 12.4. The Bertz CT molecular complexity index is 796. The summed E-state index contributed by atoms with van der Waals surface area (Å²) in [6, 6.07) is 11.7. The molecular weight excluding hydrogens is 332 g/mol. The van der Waals surface area contributed by atoms with Crippen LogP contribution in [0.2, 0.25) is 5.02 Å². The summed E-state index contributed by atoms with van der Waals surface area (Å²) in [7, 11) is 0. The van der Waals surface area contributed by atoms with Crippen LogP contribution >= 0.6 is 11.6 Å². The van der Waals surface area contributed by atoms with E-state index in [1.54, 1.807) is 48.5 Å². The fraction of sp³-hybridized carbons (Fsp3) is 0.111. The molecule has 0 saturated carbocycles. The molecule has 1 aliphatic heterocycles. The molecule has 0 spiro atoms. The van der Waals surface area contributed by atoms with Crippen molar-refractivity contribution in [2.45, 2.75) is 0 Å². The molecule has 24 heavy (non-hydrogen) atoms. The van der Waals surface area contributed by atoms with Crippen LogP contribution in [0.1, 0.15) is 15.9 Å². The lowest BCUT2D eigenvalue weighted by molar-refractivity contribution is -0.136. The van der Waals surface area contributed by atoms with Gasteiger partial charge < -0.3 is 14.2 Å². The highest BCUT2D eigenvalue weighted by Gasteiger charge is 2.12. The number of ketones is 1. The average molecular weight is 345 g/mol. The van der Waals surface area contributed by atoms with Crippen molar-refractivity contribution < 1.29 is 23.8 Å². The number of hydrogen-bond acceptors (Lipinski definition) is 5. The van der Waals surface area contributed by atoms with Crippen LogP contribution < -0.4 is 9.47 Å². The van der Waals surface area contributed by atoms with Crippen molar-refractivity contribution in [3.8, 4) is 11.5 Å². The number of rotatable bonds is 5. The quantitative estimate of drug-likeness (QED) is 0.472. The number of ether oxygens (including phenoxy) is 3. The van der Waals surface area contributed by atoms with Crippen molar-refractivity contribution in [2.75, 3.05) is 13.4 Å². The van der Waals surface area contributed by atoms with Gasteiger partial charge in [-0.1, -0.05) is 17.7 Å². The van der Waals surface area contributed by atoms with Crippen LogP contribution in [0.3, 0.4) is 0 Å². The van der Waals surface area contributed by atoms with Gasteiger partial charge in [0.2, 0.25) is 6.79 Å². The SMILES string of the molecule is O=C(/C=C/c1ccc2c(c1)OCO2)OCC(=O)c1ccc(Cl)cc1. The third-order valence-electron chi connectivity index (χ3n) is 3.32. The van der Waals surface area contributed by atoms with Crippen molar-refractivity contribution in [3.63, 3.8) is 0 Å². The van der Waals surface area contributed by atoms with Gasteiger partial charge in [0.1, 0.15) is 0 Å². The van der Waals surface area contributed by atoms with Crippen LogP contribution in [0.15, 0.2) is 48.5 Å². The second-order valence-electron chi connectivity index (χ2n) is 4.98. The molecular formula is C18H13ClO5. The zero-order valence-corrected chi connectivity index (χ0v) is 13.3. The highest BCUT2D eigenvalue weighted by Crippen LogP contribution is 2.32. The Balaban J connectivity index is 1.53. The van der Waals surface area contributed by atoms with Crippen LogP contribution in [0.5, 0.6) is 11.5 Å². The van der Waals surface area contributed by atoms with Gasteiger partial charge in [0.15, 0.2) is 23.9 Å². The van der Waals surface area contributed by atoms with E-state index in [2.05, 4.69) is 0 Å². The number of benzene rings is 2. The van der Waals surface area contributed by atoms with Crippen molar-refractivity contribution in [1.82, 2.24) is 0 Å². The molecule has 0 atom stereocenters. The first-order chi connectivity index (χ1) is 11.6. The van der Waals surface area contributed by atoms with Gasteiger partial charge in [-0.3, -0.25) is 4.79 Å². The van der Waals surface area contributed by atoms with Crippen molar-refractivity contribution in [2.24, 2.45) is 0 Å². The monoisotopic (exact) mass is 344 g/mol. The van der Waals surface area contributed by atoms with Crippen molar-refractivity contribution >= 4 is 29.4 Å². The molecule has 122 valence electrons. The average Bonchev–Trinajstić information content (AvgIpc) is 3.06. The molecule has 0 unspecified atom stereocenters. The first kappa shape index (κ1) is 16.1. The zero-order valence-electron chi connectivity index (χ0n) is 12.5. The van der Waals surface area contributed by atoms with Gasteiger partial charge >= 0.3 is 5.97 Å². The van der Waals surface area contributed by atoms with E-state index in [-0.39, 0.29) is 19.2 Å². The van der Waals surface area contributed by atoms with Gasteiger partial charge in [-0.25, -0.2) is 4.79 Å². The highest BCUT2D eigenvalue weighted by molar-refractivity contribution is 6.30. The predicted molar refractivity (Wildman–Crippen MR) is 88.3 cm³/mol. The smallest absolute Gasteiger partial charge is 0.331 e. The van der Waals surface area contributed by atoms with Crippen LogP contribution in [-0.2, 0) is 9.53 Å². The largest absolute Gasteiger partial charge is 0.454 e. The zero-order chi connectivity index (χ0) is 16.9. The summed E-state index contributed by atoms with van der Waals surface area (Å²) in [5.74, 6) is 0.401. The van der Waals surface area contributed by atoms with Gasteiger partial charge in [-0.2, -0.15) is 0 Å². The number of fused-ring (bicyclic) bond motifs is 1. The van der Waals surface area contributed by atoms with Crippen molar-refractivity contribution in [3.05, 3.63) is 64.7 Å². The second-order valence-corrected chi connectivity index (χ2v) is 5.42. The molecule has 1 heterocycles. The van der Waals surface area contributed by atoms with E-state index in [0.717, 1.165) is 5.56 Å². The molecule has 1 aliphatic rings. The van der Waals surface area contributed by atoms with Gasteiger partial charge in [-0.15, -0.1) is 0 Å². The number of carbonyl (C=O) groups is 2. The lowest BCUT2D eigenvalue weighted by Crippen LogP contribution is -2.12. The Morgan fingerprint density at radius 1 is 1.08 bits per heavy atom. The Labute approximate surface area is 143 Å². The van der Waals surface area contributed by atoms with Crippen LogP contribution in [-0.4, -0.2) is 25.2 Å². The molecule has 6 heteroatoms. The van der Waals surface area contributed by atoms with Gasteiger partial charge in [-0.05, 0) is 48.0 Å². The lowest BCUT2D eigenvalue weighted by Gasteiger charge is -2.02. The summed E-state index contributed by atoms with van der Waals surface area (Å²) in [5.41, 5.74) is 1.20. The summed E-state index contributed by atoms with van der Waals surface area (Å²) < 4.78 is 15.4. The number of halogens is 1. The van der Waals surface area contributed by atoms with Crippen LogP contribution in [0.4, 0.5) is 0 Å². The number of esters is 1. The van der Waals surface area contributed by atoms with Crippen LogP contribution in [0, 0.1) is 0 Å². The third kappa shape index (κ3) is 3.94. The summed E-state index contributed by atoms with van der Waals surface area (Å²) in [6.07, 6.45) is 2.84. The van der Waals surface area contributed by atoms with E-state index in [9.17, 15) is 9.59 Å². The minimum Gasteiger partial charge on any atom is -0.454 e. The summed E-state index contributed by atoms with van der Waals surface area (Å²) in [4.78, 5) is 23.6. The Morgan fingerprint density at radius 3 is 2.62 bits per heavy atom. The molecule has 0 amide bonds. The summed E-state index contributed by atoms with van der Waals surface area (Å²) in [5, 5.41) is 0.537. The van der Waals surface area contributed by atoms with Gasteiger partial charge in [0.05, 0.1) is 0 Å². The maximum absolute atomic E-state index is 11.9. The molecule has 5 nitrogen and oxygen atoms in total. The second kappa shape index (κ2) is 7.19. The molecule has 0 saturated heterocycles. The van der Waals surface area contributed by atoms with Gasteiger partial charge in [0.25, 0.3) is 0 Å². The van der Waals surface area contributed by atoms with E-state index in [1.807, 2.05) is 0 Å². The Hall–Kier alpha value is -2.79. The maximum atomic E-state index is 11.9. The fourth-order valence-electron chi connectivity index (χ4n) is 2.08. The topological polar surface area (TPSA) is 61.8 Å². The van der Waals surface area contributed by atoms with E-state index < -0.39 is 5.97 Å². The number of carbonyl (C=O) groups excluding carboxylic acids is 2. The molecule has 0 aliphatic carbocycles. The van der Waals surface area contributed by atoms with Gasteiger partial charge in [0, 0.05) is 16.7 Å². The molecule has 0 aromatic heterocycles. The summed E-state index contributed by atoms with van der Waals surface area (Å²) >= 11 is 5.76. The standard InChI is InChI=1S/C18H13ClO5/c19-14-5-3-13(4-6-14)15(20)10-22-18(21)8-2-12-1-7-16-17(9-12)24-11-23-16/h1-9H,10-11H2/b8-2+. The summed E-state index contributed by atoms with van der Waals surface area (Å²) in [6.45, 7) is -0.136. The minimum absolute atomic E-state index is 0.192. The van der Waals surface area contributed by atoms with Crippen molar-refractivity contribution in [1.29, 1.82) is 0 Å². The predicted octanol–water partition coefficient (Wildman–Crippen LogP) is 3.51. The fourth-order valence-corrected chi connectivity index (χ4v) is 2.21. The lowest BCUT2D eigenvalue weighted by atomic mass is 10.1. The van der Waals surface area contributed by atoms with E-state index in [4.69, 9.17) is 25.8 Å². The van der Waals surface area contributed by atoms with E-state index >= 15 is 0 Å². The molecule has 0 N–H and O–H groups in total. The highest BCUT2D eigenvalue weighted by atomic mass is 35.5. The first-order valence-electron chi connectivity index (χ1n) is 7.15. The molecule has 0 radical (unpaired) electrons. The molecule has 3 rings (SSSR count). The van der Waals surface area contributed by atoms with E-state index in [0.29, 0.717) is 22.1 Å². The molecule has 0 bridgehead atoms. The first-order valence-corrected chi connectivity index (χ1v) is 7.53. The third-order valence-corrected chi connectivity index (χ3v) is 3.57. The Kier molecular flexibility index (Phi) is 4.82.